The lowest BCUT2D eigenvalue weighted by molar-refractivity contribution is 0.709. The zero-order chi connectivity index (χ0) is 14.7. The summed E-state index contributed by atoms with van der Waals surface area (Å²) < 4.78 is 0. The van der Waals surface area contributed by atoms with Crippen LogP contribution in [-0.4, -0.2) is 11.5 Å². The van der Waals surface area contributed by atoms with Gasteiger partial charge >= 0.3 is 0 Å². The Kier molecular flexibility index (Phi) is 4.31. The Morgan fingerprint density at radius 3 is 2.95 bits per heavy atom. The standard InChI is InChI=1S/C18H19ClN2/c1-2-3-11-20-18-14-7-5-4-6-8-16(14)21-17-10-9-13(19)12-15(17)18/h1,9-10,12H,3-8,11H2,(H,20,21). The number of hydrogen-bond acceptors (Lipinski definition) is 2. The normalized spacial score (nSPS) is 14.3. The van der Waals surface area contributed by atoms with Crippen LogP contribution in [0.5, 0.6) is 0 Å². The number of fused-ring (bicyclic) bond motifs is 2. The highest BCUT2D eigenvalue weighted by molar-refractivity contribution is 6.31. The van der Waals surface area contributed by atoms with E-state index in [1.165, 1.54) is 36.2 Å². The van der Waals surface area contributed by atoms with Crippen LogP contribution in [0.4, 0.5) is 5.69 Å². The van der Waals surface area contributed by atoms with Gasteiger partial charge in [-0.1, -0.05) is 18.0 Å². The number of anilines is 1. The average Bonchev–Trinajstić information content (AvgIpc) is 2.72. The molecule has 1 aromatic heterocycles. The van der Waals surface area contributed by atoms with Crippen LogP contribution in [0.2, 0.25) is 5.02 Å². The predicted molar refractivity (Wildman–Crippen MR) is 90.0 cm³/mol. The monoisotopic (exact) mass is 298 g/mol. The van der Waals surface area contributed by atoms with E-state index in [-0.39, 0.29) is 0 Å². The van der Waals surface area contributed by atoms with Crippen molar-refractivity contribution in [2.75, 3.05) is 11.9 Å². The van der Waals surface area contributed by atoms with Gasteiger partial charge in [0.15, 0.2) is 0 Å². The van der Waals surface area contributed by atoms with Gasteiger partial charge in [-0.15, -0.1) is 12.3 Å². The van der Waals surface area contributed by atoms with Crippen LogP contribution >= 0.6 is 11.6 Å². The molecule has 0 radical (unpaired) electrons. The van der Waals surface area contributed by atoms with E-state index in [1.807, 2.05) is 18.2 Å². The highest BCUT2D eigenvalue weighted by Gasteiger charge is 2.17. The number of benzene rings is 1. The zero-order valence-electron chi connectivity index (χ0n) is 12.1. The number of aryl methyl sites for hydroxylation is 1. The van der Waals surface area contributed by atoms with Crippen molar-refractivity contribution in [2.45, 2.75) is 38.5 Å². The summed E-state index contributed by atoms with van der Waals surface area (Å²) in [6.45, 7) is 0.786. The molecular formula is C18H19ClN2. The van der Waals surface area contributed by atoms with Gasteiger partial charge in [0.25, 0.3) is 0 Å². The van der Waals surface area contributed by atoms with Crippen LogP contribution in [0.3, 0.4) is 0 Å². The fourth-order valence-electron chi connectivity index (χ4n) is 3.03. The van der Waals surface area contributed by atoms with Gasteiger partial charge < -0.3 is 5.32 Å². The molecule has 3 heteroatoms. The minimum Gasteiger partial charge on any atom is -0.383 e. The summed E-state index contributed by atoms with van der Waals surface area (Å²) >= 11 is 6.18. The second-order valence-corrected chi connectivity index (χ2v) is 5.95. The van der Waals surface area contributed by atoms with Gasteiger partial charge in [0.2, 0.25) is 0 Å². The summed E-state index contributed by atoms with van der Waals surface area (Å²) in [7, 11) is 0. The van der Waals surface area contributed by atoms with E-state index >= 15 is 0 Å². The van der Waals surface area contributed by atoms with E-state index < -0.39 is 0 Å². The molecule has 1 aliphatic rings. The molecule has 0 unspecified atom stereocenters. The van der Waals surface area contributed by atoms with Crippen LogP contribution in [0.15, 0.2) is 18.2 Å². The quantitative estimate of drug-likeness (QED) is 0.509. The van der Waals surface area contributed by atoms with Crippen molar-refractivity contribution >= 4 is 28.2 Å². The number of terminal acetylenes is 1. The summed E-state index contributed by atoms with van der Waals surface area (Å²) in [4.78, 5) is 4.87. The number of nitrogens with one attached hydrogen (secondary N) is 1. The lowest BCUT2D eigenvalue weighted by Gasteiger charge is -2.17. The van der Waals surface area contributed by atoms with Gasteiger partial charge in [-0.3, -0.25) is 4.98 Å². The number of hydrogen-bond donors (Lipinski definition) is 1. The van der Waals surface area contributed by atoms with Gasteiger partial charge in [0.05, 0.1) is 5.52 Å². The van der Waals surface area contributed by atoms with Gasteiger partial charge in [-0.05, 0) is 49.4 Å². The SMILES string of the molecule is C#CCCNc1c2c(nc3ccc(Cl)cc13)CCCCC2. The average molecular weight is 299 g/mol. The molecule has 0 bridgehead atoms. The molecule has 0 saturated carbocycles. The smallest absolute Gasteiger partial charge is 0.0727 e. The van der Waals surface area contributed by atoms with Crippen LogP contribution in [-0.2, 0) is 12.8 Å². The van der Waals surface area contributed by atoms with Crippen molar-refractivity contribution in [2.24, 2.45) is 0 Å². The number of aromatic nitrogens is 1. The second-order valence-electron chi connectivity index (χ2n) is 5.52. The molecule has 0 fully saturated rings. The molecule has 21 heavy (non-hydrogen) atoms. The maximum absolute atomic E-state index is 6.18. The van der Waals surface area contributed by atoms with E-state index in [0.29, 0.717) is 0 Å². The fraction of sp³-hybridized carbons (Fsp3) is 0.389. The number of rotatable bonds is 3. The Balaban J connectivity index is 2.14. The first kappa shape index (κ1) is 14.2. The molecule has 2 aromatic rings. The topological polar surface area (TPSA) is 24.9 Å². The Morgan fingerprint density at radius 2 is 2.10 bits per heavy atom. The first-order chi connectivity index (χ1) is 10.3. The van der Waals surface area contributed by atoms with E-state index in [1.54, 1.807) is 0 Å². The minimum absolute atomic E-state index is 0.721. The molecule has 1 heterocycles. The van der Waals surface area contributed by atoms with Crippen molar-refractivity contribution < 1.29 is 0 Å². The maximum atomic E-state index is 6.18. The molecular weight excluding hydrogens is 280 g/mol. The molecule has 0 spiro atoms. The van der Waals surface area contributed by atoms with Crippen molar-refractivity contribution in [1.82, 2.24) is 4.98 Å². The molecule has 0 saturated heterocycles. The predicted octanol–water partition coefficient (Wildman–Crippen LogP) is 4.59. The molecule has 0 aliphatic heterocycles. The fourth-order valence-corrected chi connectivity index (χ4v) is 3.21. The van der Waals surface area contributed by atoms with Crippen molar-refractivity contribution in [3.8, 4) is 12.3 Å². The maximum Gasteiger partial charge on any atom is 0.0727 e. The van der Waals surface area contributed by atoms with E-state index in [0.717, 1.165) is 41.7 Å². The van der Waals surface area contributed by atoms with E-state index in [4.69, 9.17) is 23.0 Å². The Morgan fingerprint density at radius 1 is 1.24 bits per heavy atom. The highest BCUT2D eigenvalue weighted by Crippen LogP contribution is 2.34. The number of nitrogens with zero attached hydrogens (tertiary/aromatic N) is 1. The van der Waals surface area contributed by atoms with Crippen LogP contribution in [0.1, 0.15) is 36.9 Å². The number of pyridine rings is 1. The summed E-state index contributed by atoms with van der Waals surface area (Å²) in [6.07, 6.45) is 12.0. The van der Waals surface area contributed by atoms with Crippen molar-refractivity contribution in [3.63, 3.8) is 0 Å². The Labute approximate surface area is 130 Å². The Hall–Kier alpha value is -1.72. The molecule has 1 N–H and O–H groups in total. The van der Waals surface area contributed by atoms with Crippen molar-refractivity contribution in [1.29, 1.82) is 0 Å². The largest absolute Gasteiger partial charge is 0.383 e. The third kappa shape index (κ3) is 2.99. The van der Waals surface area contributed by atoms with E-state index in [2.05, 4.69) is 11.2 Å². The minimum atomic E-state index is 0.721. The molecule has 2 nitrogen and oxygen atoms in total. The van der Waals surface area contributed by atoms with Crippen LogP contribution in [0, 0.1) is 12.3 Å². The molecule has 0 atom stereocenters. The zero-order valence-corrected chi connectivity index (χ0v) is 12.8. The van der Waals surface area contributed by atoms with Crippen LogP contribution < -0.4 is 5.32 Å². The van der Waals surface area contributed by atoms with Gasteiger partial charge in [0.1, 0.15) is 0 Å². The molecule has 0 amide bonds. The molecule has 108 valence electrons. The number of halogens is 1. The van der Waals surface area contributed by atoms with E-state index in [9.17, 15) is 0 Å². The third-order valence-electron chi connectivity index (χ3n) is 4.04. The summed E-state index contributed by atoms with van der Waals surface area (Å²) in [6, 6.07) is 5.92. The summed E-state index contributed by atoms with van der Waals surface area (Å²) in [5.74, 6) is 2.69. The first-order valence-electron chi connectivity index (χ1n) is 7.58. The summed E-state index contributed by atoms with van der Waals surface area (Å²) in [5, 5.41) is 5.39. The molecule has 1 aliphatic carbocycles. The molecule has 1 aromatic carbocycles. The summed E-state index contributed by atoms with van der Waals surface area (Å²) in [5.41, 5.74) is 4.81. The third-order valence-corrected chi connectivity index (χ3v) is 4.28. The lowest BCUT2D eigenvalue weighted by atomic mass is 10.0. The molecule has 3 rings (SSSR count). The highest BCUT2D eigenvalue weighted by atomic mass is 35.5. The van der Waals surface area contributed by atoms with Gasteiger partial charge in [0, 0.05) is 34.8 Å². The first-order valence-corrected chi connectivity index (χ1v) is 7.96. The van der Waals surface area contributed by atoms with Gasteiger partial charge in [-0.2, -0.15) is 0 Å². The Bertz CT molecular complexity index is 700. The van der Waals surface area contributed by atoms with Gasteiger partial charge in [-0.25, -0.2) is 0 Å². The lowest BCUT2D eigenvalue weighted by Crippen LogP contribution is -2.08. The van der Waals surface area contributed by atoms with Crippen molar-refractivity contribution in [3.05, 3.63) is 34.5 Å². The second kappa shape index (κ2) is 6.37. The van der Waals surface area contributed by atoms with Crippen LogP contribution in [0.25, 0.3) is 10.9 Å².